The molecule has 0 saturated heterocycles. The average Bonchev–Trinajstić information content (AvgIpc) is 2.95. The van der Waals surface area contributed by atoms with Crippen LogP contribution in [-0.4, -0.2) is 24.4 Å². The highest BCUT2D eigenvalue weighted by Crippen LogP contribution is 2.49. The van der Waals surface area contributed by atoms with Crippen LogP contribution in [0.2, 0.25) is 0 Å². The summed E-state index contributed by atoms with van der Waals surface area (Å²) in [5.41, 5.74) is 1.97. The van der Waals surface area contributed by atoms with Crippen molar-refractivity contribution >= 4 is 0 Å². The van der Waals surface area contributed by atoms with Gasteiger partial charge < -0.3 is 14.6 Å². The Bertz CT molecular complexity index is 511. The van der Waals surface area contributed by atoms with Gasteiger partial charge in [-0.1, -0.05) is 32.0 Å². The summed E-state index contributed by atoms with van der Waals surface area (Å²) in [6.45, 7) is 5.30. The van der Waals surface area contributed by atoms with E-state index < -0.39 is 11.7 Å². The fraction of sp³-hybridized carbons (Fsp3) is 0.667. The van der Waals surface area contributed by atoms with Crippen molar-refractivity contribution in [3.63, 3.8) is 0 Å². The number of hydrogen-bond donors (Lipinski definition) is 1. The number of benzene rings is 1. The Morgan fingerprint density at radius 3 is 2.57 bits per heavy atom. The van der Waals surface area contributed by atoms with E-state index in [9.17, 15) is 5.11 Å². The van der Waals surface area contributed by atoms with Gasteiger partial charge in [-0.25, -0.2) is 0 Å². The van der Waals surface area contributed by atoms with Gasteiger partial charge in [0.15, 0.2) is 0 Å². The second-order valence-corrected chi connectivity index (χ2v) is 7.27. The highest BCUT2D eigenvalue weighted by atomic mass is 16.5. The van der Waals surface area contributed by atoms with Gasteiger partial charge in [-0.15, -0.1) is 0 Å². The number of hydrogen-bond acceptors (Lipinski definition) is 3. The quantitative estimate of drug-likeness (QED) is 0.923. The molecule has 116 valence electrons. The van der Waals surface area contributed by atoms with Gasteiger partial charge in [0.25, 0.3) is 0 Å². The Morgan fingerprint density at radius 2 is 1.90 bits per heavy atom. The minimum atomic E-state index is -0.619. The highest BCUT2D eigenvalue weighted by Gasteiger charge is 2.45. The lowest BCUT2D eigenvalue weighted by Gasteiger charge is -2.45. The maximum absolute atomic E-state index is 11.0. The van der Waals surface area contributed by atoms with Crippen molar-refractivity contribution in [3.8, 4) is 5.75 Å². The molecule has 0 radical (unpaired) electrons. The second kappa shape index (κ2) is 5.29. The third-order valence-corrected chi connectivity index (χ3v) is 5.39. The monoisotopic (exact) mass is 290 g/mol. The van der Waals surface area contributed by atoms with Gasteiger partial charge in [-0.2, -0.15) is 0 Å². The fourth-order valence-corrected chi connectivity index (χ4v) is 3.68. The maximum atomic E-state index is 11.0. The zero-order chi connectivity index (χ0) is 15.1. The molecule has 21 heavy (non-hydrogen) atoms. The van der Waals surface area contributed by atoms with Crippen LogP contribution in [0.1, 0.15) is 56.8 Å². The van der Waals surface area contributed by atoms with Crippen LogP contribution in [0.25, 0.3) is 0 Å². The lowest BCUT2D eigenvalue weighted by molar-refractivity contribution is -0.138. The summed E-state index contributed by atoms with van der Waals surface area (Å²) in [5, 5.41) is 11.0. The van der Waals surface area contributed by atoms with Crippen LogP contribution in [0.15, 0.2) is 18.2 Å². The largest absolute Gasteiger partial charge is 0.493 e. The predicted octanol–water partition coefficient (Wildman–Crippen LogP) is 3.64. The van der Waals surface area contributed by atoms with Gasteiger partial charge in [0.05, 0.1) is 12.2 Å². The molecule has 0 aromatic heterocycles. The molecule has 0 amide bonds. The number of aliphatic hydroxyl groups is 1. The molecule has 1 atom stereocenters. The molecule has 1 unspecified atom stereocenters. The molecule has 1 aliphatic carbocycles. The second-order valence-electron chi connectivity index (χ2n) is 7.27. The Balaban J connectivity index is 1.90. The third kappa shape index (κ3) is 2.58. The predicted molar refractivity (Wildman–Crippen MR) is 82.6 cm³/mol. The molecule has 0 spiro atoms. The van der Waals surface area contributed by atoms with Crippen LogP contribution >= 0.6 is 0 Å². The van der Waals surface area contributed by atoms with Crippen molar-refractivity contribution in [2.45, 2.75) is 57.7 Å². The molecule has 1 heterocycles. The molecular formula is C18H26O3. The summed E-state index contributed by atoms with van der Waals surface area (Å²) in [6.07, 6.45) is 4.25. The summed E-state index contributed by atoms with van der Waals surface area (Å²) in [6, 6.07) is 6.08. The third-order valence-electron chi connectivity index (χ3n) is 5.39. The Labute approximate surface area is 127 Å². The number of rotatable bonds is 3. The number of para-hydroxylation sites is 1. The molecule has 1 N–H and O–H groups in total. The van der Waals surface area contributed by atoms with E-state index in [0.29, 0.717) is 12.0 Å². The summed E-state index contributed by atoms with van der Waals surface area (Å²) in [4.78, 5) is 0. The minimum Gasteiger partial charge on any atom is -0.493 e. The fourth-order valence-electron chi connectivity index (χ4n) is 3.68. The maximum Gasteiger partial charge on any atom is 0.128 e. The Kier molecular flexibility index (Phi) is 3.74. The first-order valence-electron chi connectivity index (χ1n) is 7.95. The topological polar surface area (TPSA) is 38.7 Å². The molecule has 1 saturated carbocycles. The van der Waals surface area contributed by atoms with Gasteiger partial charge >= 0.3 is 0 Å². The number of ether oxygens (including phenoxy) is 2. The van der Waals surface area contributed by atoms with Gasteiger partial charge in [0.1, 0.15) is 11.9 Å². The Morgan fingerprint density at radius 1 is 1.19 bits per heavy atom. The van der Waals surface area contributed by atoms with Crippen LogP contribution in [-0.2, 0) is 11.2 Å². The van der Waals surface area contributed by atoms with Crippen LogP contribution in [0.5, 0.6) is 5.75 Å². The van der Waals surface area contributed by atoms with E-state index >= 15 is 0 Å². The number of fused-ring (bicyclic) bond motifs is 1. The van der Waals surface area contributed by atoms with E-state index in [1.165, 1.54) is 5.56 Å². The van der Waals surface area contributed by atoms with Crippen LogP contribution in [0.4, 0.5) is 0 Å². The minimum absolute atomic E-state index is 0.344. The molecule has 3 heteroatoms. The smallest absolute Gasteiger partial charge is 0.128 e. The first-order chi connectivity index (χ1) is 9.97. The van der Waals surface area contributed by atoms with Crippen LogP contribution in [0.3, 0.4) is 0 Å². The SMILES string of the molecule is COC1(C(O)c2cccc3c2OCC3)CCC(C)(C)CC1. The zero-order valence-corrected chi connectivity index (χ0v) is 13.3. The van der Waals surface area contributed by atoms with E-state index in [0.717, 1.165) is 43.4 Å². The van der Waals surface area contributed by atoms with Crippen LogP contribution in [0, 0.1) is 5.41 Å². The van der Waals surface area contributed by atoms with Crippen LogP contribution < -0.4 is 4.74 Å². The molecule has 1 aromatic carbocycles. The molecule has 1 aromatic rings. The van der Waals surface area contributed by atoms with Gasteiger partial charge in [0.2, 0.25) is 0 Å². The first-order valence-corrected chi connectivity index (χ1v) is 7.95. The summed E-state index contributed by atoms with van der Waals surface area (Å²) >= 11 is 0. The molecular weight excluding hydrogens is 264 g/mol. The molecule has 3 rings (SSSR count). The van der Waals surface area contributed by atoms with Gasteiger partial charge in [-0.05, 0) is 36.7 Å². The van der Waals surface area contributed by atoms with E-state index in [1.54, 1.807) is 7.11 Å². The molecule has 1 fully saturated rings. The summed E-state index contributed by atoms with van der Waals surface area (Å²) in [7, 11) is 1.73. The van der Waals surface area contributed by atoms with E-state index in [-0.39, 0.29) is 0 Å². The lowest BCUT2D eigenvalue weighted by Crippen LogP contribution is -2.44. The van der Waals surface area contributed by atoms with Crippen molar-refractivity contribution in [3.05, 3.63) is 29.3 Å². The van der Waals surface area contributed by atoms with Crippen molar-refractivity contribution in [2.24, 2.45) is 5.41 Å². The molecule has 0 bridgehead atoms. The molecule has 3 nitrogen and oxygen atoms in total. The van der Waals surface area contributed by atoms with E-state index in [1.807, 2.05) is 12.1 Å². The van der Waals surface area contributed by atoms with E-state index in [4.69, 9.17) is 9.47 Å². The summed E-state index contributed by atoms with van der Waals surface area (Å²) in [5.74, 6) is 0.881. The highest BCUT2D eigenvalue weighted by molar-refractivity contribution is 5.46. The molecule has 2 aliphatic rings. The standard InChI is InChI=1S/C18H26O3/c1-17(2)8-10-18(20-3,11-9-17)16(19)14-6-4-5-13-7-12-21-15(13)14/h4-6,16,19H,7-12H2,1-3H3. The number of methoxy groups -OCH3 is 1. The van der Waals surface area contributed by atoms with Crippen molar-refractivity contribution < 1.29 is 14.6 Å². The number of aliphatic hydroxyl groups excluding tert-OH is 1. The van der Waals surface area contributed by atoms with Crippen molar-refractivity contribution in [1.29, 1.82) is 0 Å². The van der Waals surface area contributed by atoms with E-state index in [2.05, 4.69) is 19.9 Å². The average molecular weight is 290 g/mol. The van der Waals surface area contributed by atoms with Gasteiger partial charge in [0, 0.05) is 19.1 Å². The first kappa shape index (κ1) is 14.9. The normalized spacial score (nSPS) is 24.2. The van der Waals surface area contributed by atoms with Crippen molar-refractivity contribution in [2.75, 3.05) is 13.7 Å². The summed E-state index contributed by atoms with van der Waals surface area (Å²) < 4.78 is 11.6. The lowest BCUT2D eigenvalue weighted by atomic mass is 9.68. The Hall–Kier alpha value is -1.06. The van der Waals surface area contributed by atoms with Crippen molar-refractivity contribution in [1.82, 2.24) is 0 Å². The van der Waals surface area contributed by atoms with Gasteiger partial charge in [-0.3, -0.25) is 0 Å². The zero-order valence-electron chi connectivity index (χ0n) is 13.3. The molecule has 1 aliphatic heterocycles.